The van der Waals surface area contributed by atoms with Gasteiger partial charge in [0.15, 0.2) is 0 Å². The average Bonchev–Trinajstić information content (AvgIpc) is 2.90. The zero-order valence-corrected chi connectivity index (χ0v) is 10.3. The quantitative estimate of drug-likeness (QED) is 0.606. The van der Waals surface area contributed by atoms with Crippen LogP contribution in [0.15, 0.2) is 18.2 Å². The van der Waals surface area contributed by atoms with Gasteiger partial charge in [-0.3, -0.25) is 10.1 Å². The molecule has 1 saturated carbocycles. The van der Waals surface area contributed by atoms with E-state index in [2.05, 4.69) is 4.90 Å². The second-order valence-electron chi connectivity index (χ2n) is 4.62. The van der Waals surface area contributed by atoms with Gasteiger partial charge in [0.05, 0.1) is 4.92 Å². The Hall–Kier alpha value is -2.09. The van der Waals surface area contributed by atoms with Gasteiger partial charge < -0.3 is 4.90 Å². The summed E-state index contributed by atoms with van der Waals surface area (Å²) in [5, 5.41) is 19.7. The molecule has 18 heavy (non-hydrogen) atoms. The Bertz CT molecular complexity index is 501. The molecule has 0 radical (unpaired) electrons. The summed E-state index contributed by atoms with van der Waals surface area (Å²) in [6.07, 6.45) is 4.75. The van der Waals surface area contributed by atoms with Crippen molar-refractivity contribution in [3.05, 3.63) is 33.9 Å². The smallest absolute Gasteiger partial charge is 0.287 e. The van der Waals surface area contributed by atoms with Crippen molar-refractivity contribution in [1.82, 2.24) is 0 Å². The number of nitro benzene ring substituents is 1. The van der Waals surface area contributed by atoms with E-state index >= 15 is 0 Å². The fourth-order valence-corrected chi connectivity index (χ4v) is 2.49. The lowest BCUT2D eigenvalue weighted by Gasteiger charge is -2.26. The first-order valence-electron chi connectivity index (χ1n) is 6.05. The van der Waals surface area contributed by atoms with Crippen molar-refractivity contribution in [2.24, 2.45) is 0 Å². The van der Waals surface area contributed by atoms with Crippen LogP contribution in [-0.2, 0) is 0 Å². The van der Waals surface area contributed by atoms with Crippen molar-refractivity contribution in [2.75, 3.05) is 11.9 Å². The van der Waals surface area contributed by atoms with Crippen molar-refractivity contribution >= 4 is 11.4 Å². The first-order valence-corrected chi connectivity index (χ1v) is 6.05. The van der Waals surface area contributed by atoms with Crippen molar-refractivity contribution in [3.8, 4) is 6.07 Å². The summed E-state index contributed by atoms with van der Waals surface area (Å²) in [5.74, 6) is 0. The zero-order chi connectivity index (χ0) is 13.1. The van der Waals surface area contributed by atoms with Gasteiger partial charge in [0, 0.05) is 24.8 Å². The van der Waals surface area contributed by atoms with Crippen LogP contribution in [0.5, 0.6) is 0 Å². The van der Waals surface area contributed by atoms with Crippen LogP contribution in [0.4, 0.5) is 11.4 Å². The Morgan fingerprint density at radius 1 is 1.44 bits per heavy atom. The lowest BCUT2D eigenvalue weighted by Crippen LogP contribution is -2.28. The summed E-state index contributed by atoms with van der Waals surface area (Å²) < 4.78 is 0. The van der Waals surface area contributed by atoms with Gasteiger partial charge in [-0.1, -0.05) is 12.8 Å². The zero-order valence-electron chi connectivity index (χ0n) is 10.3. The van der Waals surface area contributed by atoms with Crippen LogP contribution in [0.3, 0.4) is 0 Å². The highest BCUT2D eigenvalue weighted by molar-refractivity contribution is 5.60. The highest BCUT2D eigenvalue weighted by atomic mass is 16.6. The number of nitrogens with zero attached hydrogens (tertiary/aromatic N) is 3. The second kappa shape index (κ2) is 5.05. The molecular formula is C13H15N3O2. The van der Waals surface area contributed by atoms with Crippen LogP contribution in [0.2, 0.25) is 0 Å². The Morgan fingerprint density at radius 2 is 2.11 bits per heavy atom. The molecule has 1 aromatic rings. The monoisotopic (exact) mass is 245 g/mol. The number of anilines is 1. The molecule has 0 aromatic heterocycles. The SMILES string of the molecule is CN(c1ccc([N+](=O)[O-])c(C#N)c1)C1CCCC1. The van der Waals surface area contributed by atoms with Gasteiger partial charge in [0.2, 0.25) is 0 Å². The number of hydrogen-bond acceptors (Lipinski definition) is 4. The van der Waals surface area contributed by atoms with Crippen molar-refractivity contribution in [1.29, 1.82) is 5.26 Å². The standard InChI is InChI=1S/C13H15N3O2/c1-15(11-4-2-3-5-11)12-6-7-13(16(17)18)10(8-12)9-14/h6-8,11H,2-5H2,1H3. The van der Waals surface area contributed by atoms with Crippen LogP contribution in [0.1, 0.15) is 31.2 Å². The molecule has 0 heterocycles. The summed E-state index contributed by atoms with van der Waals surface area (Å²) >= 11 is 0. The van der Waals surface area contributed by atoms with Crippen molar-refractivity contribution < 1.29 is 4.92 Å². The van der Waals surface area contributed by atoms with Gasteiger partial charge in [-0.2, -0.15) is 5.26 Å². The van der Waals surface area contributed by atoms with Gasteiger partial charge in [-0.25, -0.2) is 0 Å². The molecule has 0 amide bonds. The number of nitriles is 1. The van der Waals surface area contributed by atoms with Crippen LogP contribution < -0.4 is 4.90 Å². The highest BCUT2D eigenvalue weighted by Crippen LogP contribution is 2.29. The Balaban J connectivity index is 2.29. The molecule has 2 rings (SSSR count). The Labute approximate surface area is 106 Å². The molecule has 0 saturated heterocycles. The molecule has 0 aliphatic heterocycles. The minimum absolute atomic E-state index is 0.124. The maximum Gasteiger partial charge on any atom is 0.287 e. The maximum atomic E-state index is 10.8. The molecule has 1 aliphatic carbocycles. The predicted molar refractivity (Wildman–Crippen MR) is 68.5 cm³/mol. The Morgan fingerprint density at radius 3 is 2.67 bits per heavy atom. The number of benzene rings is 1. The molecule has 5 heteroatoms. The predicted octanol–water partition coefficient (Wildman–Crippen LogP) is 2.85. The first kappa shape index (κ1) is 12.4. The molecule has 1 fully saturated rings. The Kier molecular flexibility index (Phi) is 3.47. The molecule has 0 bridgehead atoms. The first-order chi connectivity index (χ1) is 8.63. The molecule has 0 atom stereocenters. The number of nitro groups is 1. The van der Waals surface area contributed by atoms with Gasteiger partial charge in [-0.05, 0) is 25.0 Å². The molecule has 1 aliphatic rings. The van der Waals surface area contributed by atoms with E-state index in [1.165, 1.54) is 18.9 Å². The van der Waals surface area contributed by atoms with E-state index in [9.17, 15) is 10.1 Å². The molecular weight excluding hydrogens is 230 g/mol. The van der Waals surface area contributed by atoms with Crippen LogP contribution in [0.25, 0.3) is 0 Å². The van der Waals surface area contributed by atoms with E-state index in [-0.39, 0.29) is 11.3 Å². The summed E-state index contributed by atoms with van der Waals surface area (Å²) in [6, 6.07) is 7.12. The fraction of sp³-hybridized carbons (Fsp3) is 0.462. The van der Waals surface area contributed by atoms with Crippen LogP contribution in [-0.4, -0.2) is 18.0 Å². The number of rotatable bonds is 3. The summed E-state index contributed by atoms with van der Waals surface area (Å²) in [6.45, 7) is 0. The summed E-state index contributed by atoms with van der Waals surface area (Å²) in [5.41, 5.74) is 0.882. The number of hydrogen-bond donors (Lipinski definition) is 0. The third-order valence-corrected chi connectivity index (χ3v) is 3.58. The third kappa shape index (κ3) is 2.28. The van der Waals surface area contributed by atoms with Crippen molar-refractivity contribution in [3.63, 3.8) is 0 Å². The largest absolute Gasteiger partial charge is 0.372 e. The van der Waals surface area contributed by atoms with Crippen molar-refractivity contribution in [2.45, 2.75) is 31.7 Å². The maximum absolute atomic E-state index is 10.8. The molecule has 5 nitrogen and oxygen atoms in total. The summed E-state index contributed by atoms with van der Waals surface area (Å²) in [7, 11) is 1.98. The van der Waals surface area contributed by atoms with Gasteiger partial charge in [0.1, 0.15) is 11.6 Å². The minimum Gasteiger partial charge on any atom is -0.372 e. The molecule has 94 valence electrons. The fourth-order valence-electron chi connectivity index (χ4n) is 2.49. The minimum atomic E-state index is -0.516. The van der Waals surface area contributed by atoms with Gasteiger partial charge >= 0.3 is 0 Å². The topological polar surface area (TPSA) is 70.2 Å². The second-order valence-corrected chi connectivity index (χ2v) is 4.62. The molecule has 1 aromatic carbocycles. The average molecular weight is 245 g/mol. The van der Waals surface area contributed by atoms with Gasteiger partial charge in [0.25, 0.3) is 5.69 Å². The highest BCUT2D eigenvalue weighted by Gasteiger charge is 2.22. The normalized spacial score (nSPS) is 15.3. The van der Waals surface area contributed by atoms with E-state index in [1.54, 1.807) is 12.1 Å². The third-order valence-electron chi connectivity index (χ3n) is 3.58. The lowest BCUT2D eigenvalue weighted by atomic mass is 10.1. The lowest BCUT2D eigenvalue weighted by molar-refractivity contribution is -0.385. The molecule has 0 unspecified atom stereocenters. The molecule has 0 spiro atoms. The van der Waals surface area contributed by atoms with E-state index < -0.39 is 4.92 Å². The van der Waals surface area contributed by atoms with E-state index in [4.69, 9.17) is 5.26 Å². The van der Waals surface area contributed by atoms with E-state index in [1.807, 2.05) is 13.1 Å². The van der Waals surface area contributed by atoms with E-state index in [0.29, 0.717) is 6.04 Å². The molecule has 0 N–H and O–H groups in total. The van der Waals surface area contributed by atoms with E-state index in [0.717, 1.165) is 18.5 Å². The van der Waals surface area contributed by atoms with Crippen LogP contribution >= 0.6 is 0 Å². The summed E-state index contributed by atoms with van der Waals surface area (Å²) in [4.78, 5) is 12.4. The van der Waals surface area contributed by atoms with Gasteiger partial charge in [-0.15, -0.1) is 0 Å². The van der Waals surface area contributed by atoms with Crippen LogP contribution in [0, 0.1) is 21.4 Å².